The molecule has 39 heavy (non-hydrogen) atoms. The third-order valence-corrected chi connectivity index (χ3v) is 10.2. The van der Waals surface area contributed by atoms with Crippen molar-refractivity contribution in [2.24, 2.45) is 21.7 Å². The highest BCUT2D eigenvalue weighted by Crippen LogP contribution is 2.49. The Morgan fingerprint density at radius 2 is 0.821 bits per heavy atom. The Labute approximate surface area is 238 Å². The summed E-state index contributed by atoms with van der Waals surface area (Å²) in [6, 6.07) is 14.9. The Hall–Kier alpha value is -2.13. The molecule has 0 bridgehead atoms. The standard InChI is InChI=1S/C36H50O2S/c1-33(2)21-29(22-34(3,4)25-33)11-9-27-13-17-31(18-14-27)39(37,38)32-19-15-28(16-20-32)10-12-30-23-35(5,6)26-36(7,8)24-30/h11-20H,9-10,21-26H2,1-8H3. The van der Waals surface area contributed by atoms with Crippen molar-refractivity contribution in [3.8, 4) is 0 Å². The van der Waals surface area contributed by atoms with Crippen molar-refractivity contribution >= 4 is 9.84 Å². The van der Waals surface area contributed by atoms with E-state index in [0.717, 1.165) is 49.7 Å². The fraction of sp³-hybridized carbons (Fsp3) is 0.556. The van der Waals surface area contributed by atoms with Gasteiger partial charge in [-0.3, -0.25) is 0 Å². The van der Waals surface area contributed by atoms with E-state index in [4.69, 9.17) is 0 Å². The van der Waals surface area contributed by atoms with Crippen LogP contribution in [0.3, 0.4) is 0 Å². The Morgan fingerprint density at radius 1 is 0.538 bits per heavy atom. The third kappa shape index (κ3) is 7.97. The SMILES string of the molecule is CC1(C)CC(=CCc2ccc(S(=O)(=O)c3ccc(CC=C4CC(C)(C)CC(C)(C)C4)cc3)cc2)CC(C)(C)C1. The summed E-state index contributed by atoms with van der Waals surface area (Å²) >= 11 is 0. The van der Waals surface area contributed by atoms with Crippen LogP contribution >= 0.6 is 0 Å². The van der Waals surface area contributed by atoms with E-state index >= 15 is 0 Å². The van der Waals surface area contributed by atoms with Crippen LogP contribution in [0.5, 0.6) is 0 Å². The van der Waals surface area contributed by atoms with Crippen molar-refractivity contribution in [3.63, 3.8) is 0 Å². The second-order valence-corrected chi connectivity index (χ2v) is 17.6. The minimum absolute atomic E-state index is 0.335. The van der Waals surface area contributed by atoms with E-state index in [0.29, 0.717) is 31.5 Å². The van der Waals surface area contributed by atoms with E-state index in [-0.39, 0.29) is 0 Å². The van der Waals surface area contributed by atoms with E-state index in [2.05, 4.69) is 67.5 Å². The molecule has 0 atom stereocenters. The van der Waals surface area contributed by atoms with Crippen molar-refractivity contribution in [2.45, 2.75) is 117 Å². The third-order valence-electron chi connectivity index (χ3n) is 8.46. The van der Waals surface area contributed by atoms with Crippen LogP contribution in [-0.4, -0.2) is 8.42 Å². The van der Waals surface area contributed by atoms with Crippen molar-refractivity contribution < 1.29 is 8.42 Å². The van der Waals surface area contributed by atoms with Crippen molar-refractivity contribution in [3.05, 3.63) is 83.0 Å². The van der Waals surface area contributed by atoms with Gasteiger partial charge in [-0.1, -0.05) is 103 Å². The molecular weight excluding hydrogens is 496 g/mol. The molecule has 2 aromatic carbocycles. The summed E-state index contributed by atoms with van der Waals surface area (Å²) in [5.41, 5.74) is 6.70. The molecular formula is C36H50O2S. The molecule has 0 unspecified atom stereocenters. The summed E-state index contributed by atoms with van der Waals surface area (Å²) in [5.74, 6) is 0. The molecule has 0 spiro atoms. The van der Waals surface area contributed by atoms with E-state index in [1.807, 2.05) is 24.3 Å². The van der Waals surface area contributed by atoms with Gasteiger partial charge in [-0.25, -0.2) is 8.42 Å². The molecule has 3 heteroatoms. The smallest absolute Gasteiger partial charge is 0.206 e. The lowest BCUT2D eigenvalue weighted by atomic mass is 9.63. The van der Waals surface area contributed by atoms with Crippen LogP contribution in [0.15, 0.2) is 81.6 Å². The lowest BCUT2D eigenvalue weighted by Gasteiger charge is -2.42. The second kappa shape index (κ2) is 10.7. The highest BCUT2D eigenvalue weighted by Gasteiger charge is 2.36. The molecule has 2 nitrogen and oxygen atoms in total. The molecule has 4 rings (SSSR count). The minimum atomic E-state index is -3.54. The topological polar surface area (TPSA) is 34.1 Å². The first-order valence-corrected chi connectivity index (χ1v) is 16.2. The largest absolute Gasteiger partial charge is 0.219 e. The van der Waals surface area contributed by atoms with Gasteiger partial charge in [0.15, 0.2) is 0 Å². The molecule has 0 N–H and O–H groups in total. The van der Waals surface area contributed by atoms with E-state index in [1.165, 1.54) is 24.0 Å². The van der Waals surface area contributed by atoms with E-state index in [1.54, 1.807) is 24.3 Å². The van der Waals surface area contributed by atoms with Gasteiger partial charge in [-0.15, -0.1) is 0 Å². The monoisotopic (exact) mass is 546 g/mol. The van der Waals surface area contributed by atoms with Crippen LogP contribution in [0, 0.1) is 21.7 Å². The first-order valence-electron chi connectivity index (χ1n) is 14.7. The van der Waals surface area contributed by atoms with Gasteiger partial charge >= 0.3 is 0 Å². The number of rotatable bonds is 6. The molecule has 2 aliphatic carbocycles. The highest BCUT2D eigenvalue weighted by molar-refractivity contribution is 7.91. The zero-order valence-electron chi connectivity index (χ0n) is 25.7. The van der Waals surface area contributed by atoms with Crippen LogP contribution in [-0.2, 0) is 22.7 Å². The summed E-state index contributed by atoms with van der Waals surface area (Å²) in [4.78, 5) is 0.723. The molecule has 0 aromatic heterocycles. The second-order valence-electron chi connectivity index (χ2n) is 15.6. The summed E-state index contributed by atoms with van der Waals surface area (Å²) in [6.45, 7) is 18.9. The van der Waals surface area contributed by atoms with Gasteiger partial charge in [0.2, 0.25) is 9.84 Å². The number of hydrogen-bond acceptors (Lipinski definition) is 2. The van der Waals surface area contributed by atoms with Gasteiger partial charge < -0.3 is 0 Å². The molecule has 0 radical (unpaired) electrons. The first-order chi connectivity index (χ1) is 17.9. The number of hydrogen-bond donors (Lipinski definition) is 0. The summed E-state index contributed by atoms with van der Waals surface area (Å²) in [5, 5.41) is 0. The average molecular weight is 547 g/mol. The lowest BCUT2D eigenvalue weighted by molar-refractivity contribution is 0.153. The number of benzene rings is 2. The molecule has 0 amide bonds. The fourth-order valence-electron chi connectivity index (χ4n) is 7.98. The van der Waals surface area contributed by atoms with Gasteiger partial charge in [0, 0.05) is 0 Å². The Kier molecular flexibility index (Phi) is 8.18. The van der Waals surface area contributed by atoms with Crippen LogP contribution < -0.4 is 0 Å². The maximum absolute atomic E-state index is 13.3. The number of allylic oxidation sites excluding steroid dienone is 4. The molecule has 2 aliphatic rings. The van der Waals surface area contributed by atoms with Gasteiger partial charge in [0.05, 0.1) is 9.79 Å². The van der Waals surface area contributed by atoms with Crippen LogP contribution in [0.4, 0.5) is 0 Å². The molecule has 2 fully saturated rings. The van der Waals surface area contributed by atoms with Gasteiger partial charge in [0.25, 0.3) is 0 Å². The van der Waals surface area contributed by atoms with Crippen molar-refractivity contribution in [1.29, 1.82) is 0 Å². The maximum Gasteiger partial charge on any atom is 0.206 e. The zero-order valence-corrected chi connectivity index (χ0v) is 26.5. The van der Waals surface area contributed by atoms with Crippen molar-refractivity contribution in [2.75, 3.05) is 0 Å². The van der Waals surface area contributed by atoms with E-state index in [9.17, 15) is 8.42 Å². The van der Waals surface area contributed by atoms with Crippen LogP contribution in [0.25, 0.3) is 0 Å². The number of sulfone groups is 1. The molecule has 0 saturated heterocycles. The Balaban J connectivity index is 1.41. The van der Waals surface area contributed by atoms with Gasteiger partial charge in [0.1, 0.15) is 0 Å². The van der Waals surface area contributed by atoms with Crippen LogP contribution in [0.1, 0.15) is 105 Å². The van der Waals surface area contributed by atoms with Crippen molar-refractivity contribution in [1.82, 2.24) is 0 Å². The zero-order chi connectivity index (χ0) is 28.7. The van der Waals surface area contributed by atoms with Gasteiger partial charge in [-0.05, 0) is 108 Å². The Morgan fingerprint density at radius 3 is 1.10 bits per heavy atom. The first kappa shape index (κ1) is 29.8. The fourth-order valence-corrected chi connectivity index (χ4v) is 9.24. The maximum atomic E-state index is 13.3. The molecule has 0 heterocycles. The minimum Gasteiger partial charge on any atom is -0.219 e. The predicted octanol–water partition coefficient (Wildman–Crippen LogP) is 9.93. The molecule has 2 saturated carbocycles. The van der Waals surface area contributed by atoms with E-state index < -0.39 is 9.84 Å². The average Bonchev–Trinajstić information content (AvgIpc) is 2.78. The van der Waals surface area contributed by atoms with Crippen LogP contribution in [0.2, 0.25) is 0 Å². The molecule has 212 valence electrons. The highest BCUT2D eigenvalue weighted by atomic mass is 32.2. The lowest BCUT2D eigenvalue weighted by Crippen LogP contribution is -2.29. The normalized spacial score (nSPS) is 21.8. The summed E-state index contributed by atoms with van der Waals surface area (Å²) in [6.07, 6.45) is 13.5. The quantitative estimate of drug-likeness (QED) is 0.338. The molecule has 0 aliphatic heterocycles. The summed E-state index contributed by atoms with van der Waals surface area (Å²) < 4.78 is 26.7. The Bertz CT molecular complexity index is 1200. The predicted molar refractivity (Wildman–Crippen MR) is 165 cm³/mol. The molecule has 2 aromatic rings. The van der Waals surface area contributed by atoms with Gasteiger partial charge in [-0.2, -0.15) is 0 Å². The summed E-state index contributed by atoms with van der Waals surface area (Å²) in [7, 11) is -3.54.